The smallest absolute Gasteiger partial charge is 0.311 e. The Hall–Kier alpha value is -3.08. The molecule has 0 bridgehead atoms. The van der Waals surface area contributed by atoms with Crippen molar-refractivity contribution in [1.82, 2.24) is 0 Å². The lowest BCUT2D eigenvalue weighted by atomic mass is 9.67. The van der Waals surface area contributed by atoms with Crippen molar-refractivity contribution in [3.8, 4) is 5.75 Å². The molecule has 1 unspecified atom stereocenters. The number of nitro benzene ring substituents is 1. The highest BCUT2D eigenvalue weighted by molar-refractivity contribution is 7.94. The van der Waals surface area contributed by atoms with Crippen LogP contribution >= 0.6 is 11.6 Å². The molecule has 0 saturated carbocycles. The first-order valence-corrected chi connectivity index (χ1v) is 16.2. The first-order chi connectivity index (χ1) is 19.8. The van der Waals surface area contributed by atoms with Gasteiger partial charge in [-0.25, -0.2) is 4.21 Å². The van der Waals surface area contributed by atoms with E-state index in [0.29, 0.717) is 11.4 Å². The van der Waals surface area contributed by atoms with Crippen LogP contribution in [0.2, 0.25) is 5.02 Å². The molecule has 1 aliphatic rings. The van der Waals surface area contributed by atoms with Gasteiger partial charge in [-0.1, -0.05) is 36.7 Å². The molecular weight excluding hydrogens is 580 g/mol. The summed E-state index contributed by atoms with van der Waals surface area (Å²) in [6, 6.07) is 9.53. The second kappa shape index (κ2) is 14.4. The van der Waals surface area contributed by atoms with Crippen molar-refractivity contribution >= 4 is 38.7 Å². The summed E-state index contributed by atoms with van der Waals surface area (Å²) in [7, 11) is -1.60. The fourth-order valence-electron chi connectivity index (χ4n) is 5.55. The quantitative estimate of drug-likeness (QED) is 0.138. The van der Waals surface area contributed by atoms with E-state index < -0.39 is 31.7 Å². The van der Waals surface area contributed by atoms with Crippen LogP contribution < -0.4 is 4.74 Å². The highest BCUT2D eigenvalue weighted by Crippen LogP contribution is 2.43. The highest BCUT2D eigenvalue weighted by Gasteiger charge is 2.43. The normalized spacial score (nSPS) is 19.4. The van der Waals surface area contributed by atoms with E-state index >= 15 is 0 Å². The fraction of sp³-hybridized carbons (Fsp3) is 0.484. The number of carbonyl (C=O) groups excluding carboxylic acids is 2. The number of rotatable bonds is 13. The molecular formula is C31H39ClN2O7S. The molecule has 0 radical (unpaired) electrons. The minimum Gasteiger partial charge on any atom is -0.486 e. The lowest BCUT2D eigenvalue weighted by Crippen LogP contribution is -2.46. The molecule has 4 atom stereocenters. The van der Waals surface area contributed by atoms with Crippen LogP contribution in [-0.2, 0) is 31.1 Å². The van der Waals surface area contributed by atoms with Crippen molar-refractivity contribution < 1.29 is 28.2 Å². The maximum atomic E-state index is 13.6. The molecule has 228 valence electrons. The van der Waals surface area contributed by atoms with Crippen LogP contribution in [0.3, 0.4) is 0 Å². The summed E-state index contributed by atoms with van der Waals surface area (Å²) in [5.74, 6) is -1.64. The number of ketones is 1. The average molecular weight is 619 g/mol. The third kappa shape index (κ3) is 8.05. The molecule has 0 fully saturated rings. The average Bonchev–Trinajstić information content (AvgIpc) is 2.93. The van der Waals surface area contributed by atoms with Crippen LogP contribution in [0.15, 0.2) is 52.9 Å². The van der Waals surface area contributed by atoms with Crippen LogP contribution in [-0.4, -0.2) is 52.1 Å². The summed E-state index contributed by atoms with van der Waals surface area (Å²) < 4.78 is 29.4. The number of carbonyl (C=O) groups is 2. The van der Waals surface area contributed by atoms with E-state index in [-0.39, 0.29) is 47.2 Å². The van der Waals surface area contributed by atoms with Gasteiger partial charge in [0.2, 0.25) is 0 Å². The summed E-state index contributed by atoms with van der Waals surface area (Å²) in [5.41, 5.74) is 1.02. The van der Waals surface area contributed by atoms with Crippen molar-refractivity contribution in [2.24, 2.45) is 10.3 Å². The Bertz CT molecular complexity index is 1480. The van der Waals surface area contributed by atoms with Gasteiger partial charge in [0.05, 0.1) is 31.9 Å². The topological polar surface area (TPSA) is 125 Å². The molecule has 2 aromatic carbocycles. The van der Waals surface area contributed by atoms with Crippen LogP contribution in [0.25, 0.3) is 0 Å². The predicted molar refractivity (Wildman–Crippen MR) is 165 cm³/mol. The molecule has 1 aliphatic carbocycles. The van der Waals surface area contributed by atoms with Gasteiger partial charge in [-0.2, -0.15) is 4.36 Å². The summed E-state index contributed by atoms with van der Waals surface area (Å²) in [6.45, 7) is 7.08. The van der Waals surface area contributed by atoms with Gasteiger partial charge in [-0.05, 0) is 87.8 Å². The number of amides is 1. The second-order valence-corrected chi connectivity index (χ2v) is 13.8. The van der Waals surface area contributed by atoms with Gasteiger partial charge in [0.25, 0.3) is 5.91 Å². The van der Waals surface area contributed by atoms with Gasteiger partial charge >= 0.3 is 5.69 Å². The van der Waals surface area contributed by atoms with E-state index in [2.05, 4.69) is 4.36 Å². The van der Waals surface area contributed by atoms with Crippen LogP contribution in [0.4, 0.5) is 5.69 Å². The number of hydrogen-bond donors (Lipinski definition) is 0. The van der Waals surface area contributed by atoms with Crippen molar-refractivity contribution in [2.75, 3.05) is 25.2 Å². The maximum Gasteiger partial charge on any atom is 0.311 e. The zero-order valence-corrected chi connectivity index (χ0v) is 26.3. The molecule has 3 rings (SSSR count). The van der Waals surface area contributed by atoms with Crippen LogP contribution in [0.1, 0.15) is 68.4 Å². The van der Waals surface area contributed by atoms with Crippen LogP contribution in [0.5, 0.6) is 5.75 Å². The Morgan fingerprint density at radius 2 is 1.98 bits per heavy atom. The van der Waals surface area contributed by atoms with Gasteiger partial charge in [0.15, 0.2) is 5.75 Å². The van der Waals surface area contributed by atoms with Gasteiger partial charge in [-0.15, -0.1) is 0 Å². The minimum absolute atomic E-state index is 0.00948. The fourth-order valence-corrected chi connectivity index (χ4v) is 8.07. The number of ether oxygens (including phenoxy) is 2. The Labute approximate surface area is 253 Å². The Morgan fingerprint density at radius 3 is 2.62 bits per heavy atom. The standard InChI is InChI=1S/C31H39ClN2O7S/c1-6-7-9-21(2)18-42(39,19-22(3)35)33-30(36)25-11-14-29(28(17-25)34(37)38)41-20-31(23(4)40-5)15-8-10-24-16-26(32)12-13-27(24)31/h6-7,11-14,16-17,21,23H,8-10,15,18-20H2,1-5H3/b7-6-/t21-,23?,31+,42+/m0/s1. The maximum absolute atomic E-state index is 13.6. The zero-order chi connectivity index (χ0) is 31.1. The number of halogens is 1. The van der Waals surface area contributed by atoms with Crippen molar-refractivity contribution in [3.05, 3.63) is 80.4 Å². The Balaban J connectivity index is 1.95. The van der Waals surface area contributed by atoms with E-state index in [4.69, 9.17) is 21.1 Å². The molecule has 0 saturated heterocycles. The van der Waals surface area contributed by atoms with Crippen LogP contribution in [0, 0.1) is 16.0 Å². The van der Waals surface area contributed by atoms with Gasteiger partial charge < -0.3 is 9.47 Å². The summed E-state index contributed by atoms with van der Waals surface area (Å²) in [5, 5.41) is 12.7. The molecule has 0 aromatic heterocycles. The molecule has 0 heterocycles. The number of nitrogens with zero attached hydrogens (tertiary/aromatic N) is 2. The third-order valence-corrected chi connectivity index (χ3v) is 10.4. The lowest BCUT2D eigenvalue weighted by Gasteiger charge is -2.42. The molecule has 42 heavy (non-hydrogen) atoms. The Morgan fingerprint density at radius 1 is 1.24 bits per heavy atom. The highest BCUT2D eigenvalue weighted by atomic mass is 35.5. The summed E-state index contributed by atoms with van der Waals surface area (Å²) >= 11 is 6.25. The largest absolute Gasteiger partial charge is 0.486 e. The van der Waals surface area contributed by atoms with E-state index in [1.807, 2.05) is 51.1 Å². The summed E-state index contributed by atoms with van der Waals surface area (Å²) in [4.78, 5) is 36.4. The van der Waals surface area contributed by atoms with Gasteiger partial charge in [-0.3, -0.25) is 19.7 Å². The minimum atomic E-state index is -3.22. The number of benzene rings is 2. The lowest BCUT2D eigenvalue weighted by molar-refractivity contribution is -0.386. The number of nitro groups is 1. The summed E-state index contributed by atoms with van der Waals surface area (Å²) in [6.07, 6.45) is 6.62. The third-order valence-electron chi connectivity index (χ3n) is 7.69. The SMILES string of the molecule is C/C=C\C[C@H](C)C[S@@](=O)(CC(C)=O)=NC(=O)c1ccc(OC[C@@]2(C(C)OC)CCCc3cc(Cl)ccc32)c([N+](=O)[O-])c1. The zero-order valence-electron chi connectivity index (χ0n) is 24.8. The van der Waals surface area contributed by atoms with E-state index in [9.17, 15) is 23.9 Å². The monoisotopic (exact) mass is 618 g/mol. The molecule has 0 N–H and O–H groups in total. The molecule has 1 amide bonds. The molecule has 0 aliphatic heterocycles. The Kier molecular flexibility index (Phi) is 11.5. The number of Topliss-reactive ketones (excluding diaryl/α,β-unsaturated/α-hetero) is 1. The number of aryl methyl sites for hydroxylation is 1. The molecule has 9 nitrogen and oxygen atoms in total. The first-order valence-electron chi connectivity index (χ1n) is 13.9. The van der Waals surface area contributed by atoms with E-state index in [1.165, 1.54) is 19.1 Å². The number of methoxy groups -OCH3 is 1. The van der Waals surface area contributed by atoms with Crippen molar-refractivity contribution in [1.29, 1.82) is 0 Å². The molecule has 2 aromatic rings. The van der Waals surface area contributed by atoms with Crippen molar-refractivity contribution in [3.63, 3.8) is 0 Å². The van der Waals surface area contributed by atoms with Gasteiger partial charge in [0.1, 0.15) is 12.4 Å². The second-order valence-electron chi connectivity index (χ2n) is 11.0. The number of hydrogen-bond acceptors (Lipinski definition) is 7. The van der Waals surface area contributed by atoms with E-state index in [1.54, 1.807) is 7.11 Å². The first kappa shape index (κ1) is 33.4. The van der Waals surface area contributed by atoms with Gasteiger partial charge in [0, 0.05) is 29.5 Å². The van der Waals surface area contributed by atoms with Crippen molar-refractivity contribution in [2.45, 2.75) is 64.9 Å². The molecule has 0 spiro atoms. The number of allylic oxidation sites excluding steroid dienone is 2. The number of fused-ring (bicyclic) bond motifs is 1. The predicted octanol–water partition coefficient (Wildman–Crippen LogP) is 6.74. The van der Waals surface area contributed by atoms with E-state index in [0.717, 1.165) is 36.5 Å². The molecule has 11 heteroatoms.